The molecule has 5 aliphatic heterocycles. The maximum Gasteiger partial charge on any atom is 0.332 e. The average molecular weight is 1790 g/mol. The molecule has 125 heavy (non-hydrogen) atoms. The van der Waals surface area contributed by atoms with Crippen molar-refractivity contribution in [3.8, 4) is 11.5 Å². The lowest BCUT2D eigenvalue weighted by atomic mass is 9.74. The zero-order chi connectivity index (χ0) is 90.8. The van der Waals surface area contributed by atoms with Crippen LogP contribution in [0.15, 0.2) is 42.0 Å². The Hall–Kier alpha value is -6.71. The number of ketones is 2. The predicted octanol–water partition coefficient (Wildman–Crippen LogP) is 2.92. The number of carboxylic acid groups (broad SMARTS) is 2. The summed E-state index contributed by atoms with van der Waals surface area (Å²) in [5, 5.41) is 151. The average Bonchev–Trinajstić information content (AvgIpc) is 1.15. The van der Waals surface area contributed by atoms with E-state index in [4.69, 9.17) is 52.1 Å². The summed E-state index contributed by atoms with van der Waals surface area (Å²) in [5.41, 5.74) is 2.03. The van der Waals surface area contributed by atoms with Gasteiger partial charge in [0.25, 0.3) is 5.91 Å². The number of nitrogens with one attached hydrogen (secondary N) is 4. The number of aryl methyl sites for hydroxylation is 1. The van der Waals surface area contributed by atoms with Crippen molar-refractivity contribution in [2.24, 2.45) is 35.5 Å². The van der Waals surface area contributed by atoms with Crippen LogP contribution in [-0.4, -0.2) is 304 Å². The molecule has 30 atom stereocenters. The third kappa shape index (κ3) is 26.8. The monoisotopic (exact) mass is 1790 g/mol. The summed E-state index contributed by atoms with van der Waals surface area (Å²) >= 11 is 1.23. The molecule has 38 heteroatoms. The molecule has 8 fully saturated rings. The zero-order valence-corrected chi connectivity index (χ0v) is 72.9. The number of aliphatic hydroxyl groups excluding tert-OH is 10. The molecule has 4 saturated carbocycles. The number of phenolic OH excluding ortho intramolecular Hbond substituents is 1. The normalized spacial score (nSPS) is 35.1. The smallest absolute Gasteiger partial charge is 0.332 e. The highest BCUT2D eigenvalue weighted by Gasteiger charge is 2.56. The van der Waals surface area contributed by atoms with Crippen molar-refractivity contribution in [2.45, 2.75) is 355 Å². The maximum atomic E-state index is 14.1. The van der Waals surface area contributed by atoms with Crippen LogP contribution in [0, 0.1) is 42.4 Å². The van der Waals surface area contributed by atoms with E-state index in [-0.39, 0.29) is 99.0 Å². The largest absolute Gasteiger partial charge is 0.508 e. The van der Waals surface area contributed by atoms with E-state index in [0.717, 1.165) is 69.9 Å². The van der Waals surface area contributed by atoms with Crippen molar-refractivity contribution < 1.29 is 157 Å². The molecule has 0 spiro atoms. The van der Waals surface area contributed by atoms with Gasteiger partial charge in [-0.1, -0.05) is 97.5 Å². The number of thiazole rings is 1. The number of benzene rings is 1. The molecule has 1 aromatic carbocycles. The van der Waals surface area contributed by atoms with Crippen molar-refractivity contribution in [1.29, 1.82) is 0 Å². The van der Waals surface area contributed by atoms with Gasteiger partial charge in [-0.3, -0.25) is 28.8 Å². The Kier molecular flexibility index (Phi) is 37.9. The van der Waals surface area contributed by atoms with Crippen LogP contribution in [0.2, 0.25) is 0 Å². The van der Waals surface area contributed by atoms with Crippen molar-refractivity contribution >= 4 is 64.0 Å². The van der Waals surface area contributed by atoms with Gasteiger partial charge in [0.05, 0.1) is 56.3 Å². The van der Waals surface area contributed by atoms with Crippen molar-refractivity contribution in [3.05, 3.63) is 58.3 Å². The van der Waals surface area contributed by atoms with Gasteiger partial charge in [-0.25, -0.2) is 14.6 Å². The highest BCUT2D eigenvalue weighted by atomic mass is 32.1. The molecule has 4 amide bonds. The van der Waals surface area contributed by atoms with Gasteiger partial charge in [0.2, 0.25) is 17.7 Å². The van der Waals surface area contributed by atoms with Crippen LogP contribution in [0.25, 0.3) is 5.57 Å². The fraction of sp³-hybridized carbons (Fsp3) is 0.759. The van der Waals surface area contributed by atoms with Gasteiger partial charge in [-0.05, 0) is 120 Å². The predicted molar refractivity (Wildman–Crippen MR) is 442 cm³/mol. The second-order valence-electron chi connectivity index (χ2n) is 34.9. The van der Waals surface area contributed by atoms with Crippen LogP contribution < -0.4 is 26.0 Å². The molecule has 0 radical (unpaired) electrons. The van der Waals surface area contributed by atoms with Crippen LogP contribution in [0.3, 0.4) is 0 Å². The molecule has 17 N–H and O–H groups in total. The number of aliphatic carboxylic acids is 2. The number of aromatic nitrogens is 1. The van der Waals surface area contributed by atoms with E-state index in [2.05, 4.69) is 32.8 Å². The number of amides is 4. The molecule has 37 nitrogen and oxygen atoms in total. The number of hydrogen-bond acceptors (Lipinski definition) is 32. The van der Waals surface area contributed by atoms with Crippen molar-refractivity contribution in [1.82, 2.24) is 26.3 Å². The molecule has 6 heterocycles. The van der Waals surface area contributed by atoms with Gasteiger partial charge in [0, 0.05) is 74.3 Å². The molecule has 12 unspecified atom stereocenters. The standard InChI is InChI=1S/C47H68N2O17.C40H63N3O15S/c1-5-27-18-29(32(53)12-9-15-48-37(54)20-28-16-23(2)61-33-21-30(52)13-14-31(28)33)19-34(43(27)66-47-42(58)41(57)39(55)24(3)62-47)64-46-38(49-25(4)51)44(40(56)36(22-50)65-46)63-35(45(59)60)17-26-10-7-6-8-11-26;1-5-23-15-24(25(46)12-9-13-41-36(51)37-42-19(2)18-59-37)16-26(34(23)58-40-33(50)32(49)30(47)20(3)54-40)56-39-29(43-21(4)45)35(31(48)28(17-44)57-39)55-27(38(52)53)14-22-10-7-6-8-11-22/h13-14,16,21,24,26-27,29,34-36,38-44,46-47,50,52,55-58H,2,5-12,15,17-20,22H2,1,3-4H3,(H,48,54)(H,49,51)(H,59,60);18,20,22-24,26-35,39-40,44,47-50H,5-17H2,1-4H3,(H,41,51)(H,43,45)(H,52,53)/t24-,27+,29?,34+,35-,36-,38?,39?,40-,41-,42-,43?,44?,46+,47?;20-,23+,24?,26+,27-,28-,29?,30?,31-,32-,33-,34?,35?,39+,40?/m00/s1. The number of phenols is 1. The molecule has 4 saturated heterocycles. The number of carboxylic acids is 2. The molecule has 4 aliphatic carbocycles. The summed E-state index contributed by atoms with van der Waals surface area (Å²) < 4.78 is 68.0. The Morgan fingerprint density at radius 2 is 1.02 bits per heavy atom. The number of carbonyl (C=O) groups is 8. The molecule has 1 aromatic heterocycles. The number of rotatable bonds is 37. The van der Waals surface area contributed by atoms with Gasteiger partial charge < -0.3 is 140 Å². The number of carbonyl (C=O) groups excluding carboxylic acids is 6. The van der Waals surface area contributed by atoms with Crippen LogP contribution in [0.1, 0.15) is 210 Å². The summed E-state index contributed by atoms with van der Waals surface area (Å²) in [5.74, 6) is -5.66. The Bertz CT molecular complexity index is 3920. The number of aliphatic hydroxyl groups is 10. The van der Waals surface area contributed by atoms with Gasteiger partial charge in [0.1, 0.15) is 114 Å². The van der Waals surface area contributed by atoms with Gasteiger partial charge in [-0.2, -0.15) is 0 Å². The van der Waals surface area contributed by atoms with Gasteiger partial charge >= 0.3 is 11.9 Å². The molecule has 0 bridgehead atoms. The number of Topliss-reactive ketones (excluding diaryl/α,β-unsaturated/α-hetero) is 2. The second kappa shape index (κ2) is 47.2. The summed E-state index contributed by atoms with van der Waals surface area (Å²) in [4.78, 5) is 108. The van der Waals surface area contributed by atoms with E-state index in [1.165, 1.54) is 51.2 Å². The highest BCUT2D eigenvalue weighted by Crippen LogP contribution is 2.45. The molecular weight excluding hydrogens is 1660 g/mol. The lowest BCUT2D eigenvalue weighted by Crippen LogP contribution is -2.67. The molecule has 11 rings (SSSR count). The maximum absolute atomic E-state index is 14.1. The molecule has 702 valence electrons. The fourth-order valence-corrected chi connectivity index (χ4v) is 19.5. The Morgan fingerprint density at radius 3 is 1.42 bits per heavy atom. The first-order valence-electron chi connectivity index (χ1n) is 44.2. The summed E-state index contributed by atoms with van der Waals surface area (Å²) in [6, 6.07) is 1.98. The fourth-order valence-electron chi connectivity index (χ4n) is 18.8. The summed E-state index contributed by atoms with van der Waals surface area (Å²) in [6.45, 7) is 13.8. The van der Waals surface area contributed by atoms with E-state index in [0.29, 0.717) is 66.2 Å². The van der Waals surface area contributed by atoms with Crippen molar-refractivity contribution in [2.75, 3.05) is 26.3 Å². The number of fused-ring (bicyclic) bond motifs is 1. The van der Waals surface area contributed by atoms with Gasteiger partial charge in [0.15, 0.2) is 42.4 Å². The zero-order valence-electron chi connectivity index (χ0n) is 72.1. The lowest BCUT2D eigenvalue weighted by molar-refractivity contribution is -0.338. The van der Waals surface area contributed by atoms with E-state index >= 15 is 0 Å². The van der Waals surface area contributed by atoms with Crippen LogP contribution in [0.5, 0.6) is 11.5 Å². The Balaban J connectivity index is 0.000000263. The minimum atomic E-state index is -1.67. The SMILES string of the molecule is C=C1C=C(CC(=O)NCCCC(=O)C2C[C@@H](CC)C(OC3O[C@@H](C)C(O)[C@H](O)[C@@H]3O)[C@H](O[C@@H]3O[C@@H](CO)[C@H](O)C(O[C@@H](CC4CCCCC4)C(=O)O)C3NC(C)=O)C2)c2ccc(O)cc2O1.CC[C@@H]1CC(C(=O)CCCNC(=O)c2nc(C)cs2)C[C@@H](O[C@@H]2O[C@@H](CO)[C@H](O)C(O[C@@H](CC3CCCCC3)C(=O)O)C2NC(C)=O)C1OC1O[C@@H](C)C(O)[C@H](O)[C@@H]1O. The van der Waals surface area contributed by atoms with Crippen LogP contribution in [0.4, 0.5) is 0 Å². The number of ether oxygens (including phenoxy) is 11. The Labute approximate surface area is 730 Å². The first kappa shape index (κ1) is 100. The number of nitrogens with zero attached hydrogens (tertiary/aromatic N) is 1. The molecular formula is C87H131N5O32S. The van der Waals surface area contributed by atoms with Gasteiger partial charge in [-0.15, -0.1) is 11.3 Å². The lowest BCUT2D eigenvalue weighted by Gasteiger charge is -2.49. The van der Waals surface area contributed by atoms with Crippen molar-refractivity contribution in [3.63, 3.8) is 0 Å². The van der Waals surface area contributed by atoms with E-state index < -0.39 is 220 Å². The van der Waals surface area contributed by atoms with Crippen LogP contribution >= 0.6 is 11.3 Å². The highest BCUT2D eigenvalue weighted by molar-refractivity contribution is 7.11. The third-order valence-corrected chi connectivity index (χ3v) is 26.6. The summed E-state index contributed by atoms with van der Waals surface area (Å²) in [6.07, 6.45) is -18.6. The number of aromatic hydroxyl groups is 1. The number of allylic oxidation sites excluding steroid dienone is 1. The van der Waals surface area contributed by atoms with E-state index in [1.807, 2.05) is 13.8 Å². The molecule has 2 aromatic rings. The minimum absolute atomic E-state index is 0.00372. The third-order valence-electron chi connectivity index (χ3n) is 25.7. The first-order valence-corrected chi connectivity index (χ1v) is 45.1. The van der Waals surface area contributed by atoms with E-state index in [9.17, 15) is 105 Å². The quantitative estimate of drug-likeness (QED) is 0.0432. The van der Waals surface area contributed by atoms with Crippen LogP contribution in [-0.2, 0) is 80.9 Å². The Morgan fingerprint density at radius 1 is 0.568 bits per heavy atom. The minimum Gasteiger partial charge on any atom is -0.508 e. The summed E-state index contributed by atoms with van der Waals surface area (Å²) in [7, 11) is 0. The van der Waals surface area contributed by atoms with E-state index in [1.54, 1.807) is 24.4 Å². The first-order chi connectivity index (χ1) is 59.6. The topological polar surface area (TPSA) is 562 Å². The second-order valence-corrected chi connectivity index (χ2v) is 35.8. The number of hydrogen-bond donors (Lipinski definition) is 17. The molecule has 9 aliphatic rings.